The van der Waals surface area contributed by atoms with Gasteiger partial charge in [-0.1, -0.05) is 12.1 Å². The molecular formula is C15H15N3O3. The number of piperidine rings is 1. The summed E-state index contributed by atoms with van der Waals surface area (Å²) in [6.07, 6.45) is 2.29. The molecule has 1 fully saturated rings. The summed E-state index contributed by atoms with van der Waals surface area (Å²) in [6.45, 7) is 0.949. The van der Waals surface area contributed by atoms with E-state index in [0.29, 0.717) is 25.9 Å². The molecule has 0 atom stereocenters. The molecule has 2 N–H and O–H groups in total. The van der Waals surface area contributed by atoms with E-state index in [1.807, 2.05) is 30.5 Å². The predicted molar refractivity (Wildman–Crippen MR) is 75.2 cm³/mol. The monoisotopic (exact) mass is 285 g/mol. The molecule has 0 unspecified atom stereocenters. The lowest BCUT2D eigenvalue weighted by molar-refractivity contribution is -0.000660. The highest BCUT2D eigenvalue weighted by Crippen LogP contribution is 2.48. The van der Waals surface area contributed by atoms with Crippen LogP contribution in [0.15, 0.2) is 30.5 Å². The van der Waals surface area contributed by atoms with Crippen molar-refractivity contribution < 1.29 is 14.6 Å². The number of carboxylic acid groups (broad SMARTS) is 1. The number of para-hydroxylation sites is 1. The molecule has 4 rings (SSSR count). The predicted octanol–water partition coefficient (Wildman–Crippen LogP) is 2.44. The highest BCUT2D eigenvalue weighted by molar-refractivity contribution is 5.73. The fourth-order valence-electron chi connectivity index (χ4n) is 3.29. The number of aromatic amines is 1. The van der Waals surface area contributed by atoms with Gasteiger partial charge in [0, 0.05) is 43.3 Å². The smallest absolute Gasteiger partial charge is 0.407 e. The number of carbonyl (C=O) groups is 1. The highest BCUT2D eigenvalue weighted by atomic mass is 16.5. The van der Waals surface area contributed by atoms with E-state index in [9.17, 15) is 4.79 Å². The molecule has 2 aliphatic heterocycles. The van der Waals surface area contributed by atoms with Crippen molar-refractivity contribution in [2.75, 3.05) is 13.1 Å². The summed E-state index contributed by atoms with van der Waals surface area (Å²) in [5, 5.41) is 16.4. The van der Waals surface area contributed by atoms with Gasteiger partial charge >= 0.3 is 6.09 Å². The molecule has 6 heteroatoms. The van der Waals surface area contributed by atoms with Gasteiger partial charge in [-0.15, -0.1) is 0 Å². The Hall–Kier alpha value is -2.50. The summed E-state index contributed by atoms with van der Waals surface area (Å²) in [5.41, 5.74) is 2.47. The quantitative estimate of drug-likeness (QED) is 0.779. The normalized spacial score (nSPS) is 18.8. The van der Waals surface area contributed by atoms with Crippen LogP contribution < -0.4 is 4.74 Å². The minimum absolute atomic E-state index is 0.470. The molecule has 1 aromatic carbocycles. The first-order valence-corrected chi connectivity index (χ1v) is 7.00. The van der Waals surface area contributed by atoms with Crippen LogP contribution in [-0.2, 0) is 5.60 Å². The number of hydrogen-bond donors (Lipinski definition) is 2. The first kappa shape index (κ1) is 12.3. The maximum absolute atomic E-state index is 11.1. The Morgan fingerprint density at radius 3 is 2.86 bits per heavy atom. The van der Waals surface area contributed by atoms with Crippen molar-refractivity contribution in [1.82, 2.24) is 15.1 Å². The van der Waals surface area contributed by atoms with Crippen molar-refractivity contribution in [2.45, 2.75) is 18.4 Å². The number of rotatable bonds is 0. The Morgan fingerprint density at radius 2 is 2.10 bits per heavy atom. The minimum atomic E-state index is -0.867. The zero-order valence-corrected chi connectivity index (χ0v) is 11.4. The number of likely N-dealkylation sites (tertiary alicyclic amines) is 1. The van der Waals surface area contributed by atoms with E-state index in [1.165, 1.54) is 4.90 Å². The van der Waals surface area contributed by atoms with Crippen molar-refractivity contribution >= 4 is 6.09 Å². The van der Waals surface area contributed by atoms with Crippen LogP contribution in [0.2, 0.25) is 0 Å². The van der Waals surface area contributed by atoms with Crippen LogP contribution in [0.5, 0.6) is 5.75 Å². The van der Waals surface area contributed by atoms with Gasteiger partial charge in [-0.05, 0) is 12.1 Å². The largest absolute Gasteiger partial charge is 0.482 e. The van der Waals surface area contributed by atoms with E-state index in [2.05, 4.69) is 10.2 Å². The number of nitrogens with zero attached hydrogens (tertiary/aromatic N) is 2. The van der Waals surface area contributed by atoms with E-state index in [1.54, 1.807) is 0 Å². The summed E-state index contributed by atoms with van der Waals surface area (Å²) < 4.78 is 6.29. The molecule has 0 aliphatic carbocycles. The van der Waals surface area contributed by atoms with Crippen LogP contribution in [0.3, 0.4) is 0 Å². The van der Waals surface area contributed by atoms with Crippen molar-refractivity contribution in [1.29, 1.82) is 0 Å². The molecule has 2 aliphatic rings. The summed E-state index contributed by atoms with van der Waals surface area (Å²) in [4.78, 5) is 12.5. The van der Waals surface area contributed by atoms with E-state index in [0.717, 1.165) is 22.6 Å². The molecule has 0 radical (unpaired) electrons. The fraction of sp³-hybridized carbons (Fsp3) is 0.333. The second kappa shape index (κ2) is 4.25. The Balaban J connectivity index is 1.75. The average molecular weight is 285 g/mol. The first-order chi connectivity index (χ1) is 10.2. The lowest BCUT2D eigenvalue weighted by Crippen LogP contribution is -2.48. The molecule has 1 aromatic heterocycles. The second-order valence-electron chi connectivity index (χ2n) is 5.51. The maximum atomic E-state index is 11.1. The van der Waals surface area contributed by atoms with Crippen molar-refractivity contribution in [2.24, 2.45) is 0 Å². The molecule has 2 aromatic rings. The van der Waals surface area contributed by atoms with Crippen molar-refractivity contribution in [3.63, 3.8) is 0 Å². The Labute approximate surface area is 121 Å². The Morgan fingerprint density at radius 1 is 1.33 bits per heavy atom. The zero-order chi connectivity index (χ0) is 14.4. The van der Waals surface area contributed by atoms with Gasteiger partial charge in [0.05, 0.1) is 0 Å². The Bertz CT molecular complexity index is 702. The number of ether oxygens (including phenoxy) is 1. The van der Waals surface area contributed by atoms with Gasteiger partial charge in [-0.2, -0.15) is 5.10 Å². The summed E-state index contributed by atoms with van der Waals surface area (Å²) in [5.74, 6) is 0.820. The van der Waals surface area contributed by atoms with Crippen LogP contribution in [-0.4, -0.2) is 39.4 Å². The number of aromatic nitrogens is 2. The molecule has 0 bridgehead atoms. The maximum Gasteiger partial charge on any atom is 0.407 e. The van der Waals surface area contributed by atoms with Gasteiger partial charge in [0.2, 0.25) is 0 Å². The van der Waals surface area contributed by atoms with Crippen molar-refractivity contribution in [3.05, 3.63) is 36.0 Å². The molecule has 1 amide bonds. The molecule has 0 saturated carbocycles. The minimum Gasteiger partial charge on any atom is -0.482 e. The van der Waals surface area contributed by atoms with E-state index >= 15 is 0 Å². The number of fused-ring (bicyclic) bond motifs is 4. The lowest BCUT2D eigenvalue weighted by atomic mass is 9.81. The SMILES string of the molecule is O=C(O)N1CCC2(CC1)Oc1ccccc1-c1n[nH]cc12. The molecule has 108 valence electrons. The van der Waals surface area contributed by atoms with Crippen LogP contribution in [0, 0.1) is 0 Å². The van der Waals surface area contributed by atoms with Gasteiger partial charge in [0.1, 0.15) is 17.0 Å². The van der Waals surface area contributed by atoms with Crippen molar-refractivity contribution in [3.8, 4) is 17.0 Å². The Kier molecular flexibility index (Phi) is 2.48. The number of hydrogen-bond acceptors (Lipinski definition) is 3. The third kappa shape index (κ3) is 1.72. The van der Waals surface area contributed by atoms with Gasteiger partial charge in [0.25, 0.3) is 0 Å². The summed E-state index contributed by atoms with van der Waals surface area (Å²) in [6, 6.07) is 7.84. The van der Waals surface area contributed by atoms with Crippen LogP contribution in [0.1, 0.15) is 18.4 Å². The topological polar surface area (TPSA) is 78.4 Å². The fourth-order valence-corrected chi connectivity index (χ4v) is 3.29. The average Bonchev–Trinajstić information content (AvgIpc) is 2.99. The third-order valence-corrected chi connectivity index (χ3v) is 4.42. The van der Waals surface area contributed by atoms with Gasteiger partial charge in [-0.3, -0.25) is 5.10 Å². The van der Waals surface area contributed by atoms with Gasteiger partial charge in [0.15, 0.2) is 0 Å². The molecule has 1 saturated heterocycles. The van der Waals surface area contributed by atoms with E-state index in [4.69, 9.17) is 9.84 Å². The third-order valence-electron chi connectivity index (χ3n) is 4.42. The number of nitrogens with one attached hydrogen (secondary N) is 1. The van der Waals surface area contributed by atoms with Crippen LogP contribution in [0.25, 0.3) is 11.3 Å². The highest BCUT2D eigenvalue weighted by Gasteiger charge is 2.45. The summed E-state index contributed by atoms with van der Waals surface area (Å²) in [7, 11) is 0. The summed E-state index contributed by atoms with van der Waals surface area (Å²) >= 11 is 0. The number of H-pyrrole nitrogens is 1. The van der Waals surface area contributed by atoms with Crippen LogP contribution >= 0.6 is 0 Å². The molecule has 21 heavy (non-hydrogen) atoms. The molecule has 1 spiro atoms. The standard InChI is InChI=1S/C15H15N3O3/c19-14(20)18-7-5-15(6-8-18)11-9-16-17-13(11)10-3-1-2-4-12(10)21-15/h1-4,9H,5-8H2,(H,16,17)(H,19,20). The second-order valence-corrected chi connectivity index (χ2v) is 5.51. The zero-order valence-electron chi connectivity index (χ0n) is 11.4. The molecule has 6 nitrogen and oxygen atoms in total. The van der Waals surface area contributed by atoms with E-state index < -0.39 is 11.7 Å². The van der Waals surface area contributed by atoms with Crippen LogP contribution in [0.4, 0.5) is 4.79 Å². The van der Waals surface area contributed by atoms with Gasteiger partial charge < -0.3 is 14.7 Å². The molecule has 3 heterocycles. The lowest BCUT2D eigenvalue weighted by Gasteiger charge is -2.43. The first-order valence-electron chi connectivity index (χ1n) is 7.00. The van der Waals surface area contributed by atoms with E-state index in [-0.39, 0.29) is 0 Å². The number of amides is 1. The molecular weight excluding hydrogens is 270 g/mol. The number of benzene rings is 1. The van der Waals surface area contributed by atoms with Gasteiger partial charge in [-0.25, -0.2) is 4.79 Å².